The molecule has 3 aromatic rings. The van der Waals surface area contributed by atoms with E-state index in [-0.39, 0.29) is 11.9 Å². The van der Waals surface area contributed by atoms with Gasteiger partial charge in [0.05, 0.1) is 11.6 Å². The summed E-state index contributed by atoms with van der Waals surface area (Å²) < 4.78 is 1.81. The molecule has 3 rings (SSSR count). The molecule has 6 heteroatoms. The summed E-state index contributed by atoms with van der Waals surface area (Å²) in [5, 5.41) is 8.72. The van der Waals surface area contributed by atoms with Crippen LogP contribution in [0.5, 0.6) is 0 Å². The average molecular weight is 329 g/mol. The first-order valence-corrected chi connectivity index (χ1v) is 7.69. The molecule has 2 aromatic heterocycles. The number of hydrogen-bond acceptors (Lipinski definition) is 3. The summed E-state index contributed by atoms with van der Waals surface area (Å²) in [7, 11) is 1.80. The Kier molecular flexibility index (Phi) is 4.05. The number of pyridine rings is 1. The molecular formula is C17H17ClN4O. The highest BCUT2D eigenvalue weighted by Crippen LogP contribution is 2.22. The number of aromatic nitrogens is 3. The molecule has 5 nitrogen and oxygen atoms in total. The van der Waals surface area contributed by atoms with Gasteiger partial charge in [-0.1, -0.05) is 23.7 Å². The Labute approximate surface area is 139 Å². The number of benzene rings is 1. The van der Waals surface area contributed by atoms with Crippen molar-refractivity contribution in [3.8, 4) is 0 Å². The molecule has 0 aliphatic rings. The first-order chi connectivity index (χ1) is 11.0. The van der Waals surface area contributed by atoms with Crippen LogP contribution in [0, 0.1) is 6.92 Å². The van der Waals surface area contributed by atoms with Crippen LogP contribution in [0.1, 0.15) is 34.7 Å². The van der Waals surface area contributed by atoms with E-state index in [1.165, 1.54) is 0 Å². The van der Waals surface area contributed by atoms with Crippen LogP contribution in [-0.2, 0) is 0 Å². The third kappa shape index (κ3) is 2.92. The van der Waals surface area contributed by atoms with Crippen molar-refractivity contribution in [1.29, 1.82) is 0 Å². The number of rotatable bonds is 3. The van der Waals surface area contributed by atoms with E-state index in [0.29, 0.717) is 10.6 Å². The van der Waals surface area contributed by atoms with Gasteiger partial charge in [0.1, 0.15) is 5.82 Å². The smallest absolute Gasteiger partial charge is 0.255 e. The lowest BCUT2D eigenvalue weighted by Gasteiger charge is -2.25. The lowest BCUT2D eigenvalue weighted by atomic mass is 10.1. The van der Waals surface area contributed by atoms with Gasteiger partial charge in [-0.3, -0.25) is 9.20 Å². The summed E-state index contributed by atoms with van der Waals surface area (Å²) in [6.45, 7) is 3.85. The molecule has 0 unspecified atom stereocenters. The van der Waals surface area contributed by atoms with Gasteiger partial charge in [0, 0.05) is 18.3 Å². The number of amides is 1. The highest BCUT2D eigenvalue weighted by molar-refractivity contribution is 6.30. The van der Waals surface area contributed by atoms with Crippen LogP contribution in [0.2, 0.25) is 5.02 Å². The lowest BCUT2D eigenvalue weighted by molar-refractivity contribution is 0.0742. The number of aryl methyl sites for hydroxylation is 1. The summed E-state index contributed by atoms with van der Waals surface area (Å²) >= 11 is 5.92. The van der Waals surface area contributed by atoms with Crippen LogP contribution >= 0.6 is 11.6 Å². The predicted molar refractivity (Wildman–Crippen MR) is 89.7 cm³/mol. The van der Waals surface area contributed by atoms with E-state index in [0.717, 1.165) is 17.0 Å². The molecule has 0 bridgehead atoms. The quantitative estimate of drug-likeness (QED) is 0.739. The predicted octanol–water partition coefficient (Wildman–Crippen LogP) is 3.52. The monoisotopic (exact) mass is 328 g/mol. The zero-order valence-corrected chi connectivity index (χ0v) is 13.9. The number of halogens is 1. The molecule has 0 aliphatic heterocycles. The van der Waals surface area contributed by atoms with Crippen molar-refractivity contribution in [2.75, 3.05) is 7.05 Å². The minimum atomic E-state index is -0.0579. The van der Waals surface area contributed by atoms with Gasteiger partial charge >= 0.3 is 0 Å². The van der Waals surface area contributed by atoms with Gasteiger partial charge < -0.3 is 4.90 Å². The Hall–Kier alpha value is -2.40. The van der Waals surface area contributed by atoms with Gasteiger partial charge in [-0.15, -0.1) is 10.2 Å². The topological polar surface area (TPSA) is 50.5 Å². The summed E-state index contributed by atoms with van der Waals surface area (Å²) in [5.41, 5.74) is 2.36. The standard InChI is InChI=1S/C17H17ClN4O/c1-11(13-4-7-15(18)8-5-13)21(3)17(23)14-6-9-16-20-19-12(2)22(16)10-14/h4-11H,1-3H3/t11-/m0/s1. The largest absolute Gasteiger partial charge is 0.335 e. The first kappa shape index (κ1) is 15.5. The van der Waals surface area contributed by atoms with E-state index in [2.05, 4.69) is 10.2 Å². The van der Waals surface area contributed by atoms with Crippen LogP contribution in [0.15, 0.2) is 42.6 Å². The molecule has 1 atom stereocenters. The maximum absolute atomic E-state index is 12.7. The molecule has 0 N–H and O–H groups in total. The minimum Gasteiger partial charge on any atom is -0.335 e. The summed E-state index contributed by atoms with van der Waals surface area (Å²) in [6, 6.07) is 11.0. The number of nitrogens with zero attached hydrogens (tertiary/aromatic N) is 4. The molecule has 0 fully saturated rings. The Balaban J connectivity index is 1.88. The second-order valence-electron chi connectivity index (χ2n) is 5.54. The van der Waals surface area contributed by atoms with Crippen molar-refractivity contribution in [3.05, 3.63) is 64.6 Å². The lowest BCUT2D eigenvalue weighted by Crippen LogP contribution is -2.29. The third-order valence-corrected chi connectivity index (χ3v) is 4.33. The molecule has 0 spiro atoms. The van der Waals surface area contributed by atoms with Crippen molar-refractivity contribution in [2.24, 2.45) is 0 Å². The minimum absolute atomic E-state index is 0.0533. The van der Waals surface area contributed by atoms with Crippen molar-refractivity contribution >= 4 is 23.2 Å². The highest BCUT2D eigenvalue weighted by Gasteiger charge is 2.19. The van der Waals surface area contributed by atoms with Gasteiger partial charge in [0.25, 0.3) is 5.91 Å². The molecule has 1 amide bonds. The SMILES string of the molecule is Cc1nnc2ccc(C(=O)N(C)[C@@H](C)c3ccc(Cl)cc3)cn12. The number of fused-ring (bicyclic) bond motifs is 1. The molecule has 118 valence electrons. The fourth-order valence-electron chi connectivity index (χ4n) is 2.48. The summed E-state index contributed by atoms with van der Waals surface area (Å²) in [4.78, 5) is 14.5. The molecule has 0 radical (unpaired) electrons. The van der Waals surface area contributed by atoms with Crippen LogP contribution in [-0.4, -0.2) is 32.5 Å². The normalized spacial score (nSPS) is 12.3. The number of carbonyl (C=O) groups is 1. The van der Waals surface area contributed by atoms with Crippen LogP contribution in [0.3, 0.4) is 0 Å². The second kappa shape index (κ2) is 6.01. The zero-order valence-electron chi connectivity index (χ0n) is 13.2. The fourth-order valence-corrected chi connectivity index (χ4v) is 2.60. The molecule has 0 saturated heterocycles. The maximum Gasteiger partial charge on any atom is 0.255 e. The second-order valence-corrected chi connectivity index (χ2v) is 5.97. The number of carbonyl (C=O) groups excluding carboxylic acids is 1. The fraction of sp³-hybridized carbons (Fsp3) is 0.235. The molecule has 0 aliphatic carbocycles. The van der Waals surface area contributed by atoms with Crippen LogP contribution in [0.4, 0.5) is 0 Å². The maximum atomic E-state index is 12.7. The Morgan fingerprint density at radius 3 is 2.57 bits per heavy atom. The third-order valence-electron chi connectivity index (χ3n) is 4.07. The number of hydrogen-bond donors (Lipinski definition) is 0. The van der Waals surface area contributed by atoms with E-state index in [1.54, 1.807) is 30.3 Å². The van der Waals surface area contributed by atoms with Gasteiger partial charge in [-0.05, 0) is 43.7 Å². The van der Waals surface area contributed by atoms with Crippen molar-refractivity contribution in [3.63, 3.8) is 0 Å². The van der Waals surface area contributed by atoms with E-state index < -0.39 is 0 Å². The van der Waals surface area contributed by atoms with Crippen molar-refractivity contribution in [1.82, 2.24) is 19.5 Å². The summed E-state index contributed by atoms with van der Waals surface area (Å²) in [6.07, 6.45) is 1.78. The van der Waals surface area contributed by atoms with E-state index >= 15 is 0 Å². The molecular weight excluding hydrogens is 312 g/mol. The first-order valence-electron chi connectivity index (χ1n) is 7.31. The molecule has 1 aromatic carbocycles. The molecule has 0 saturated carbocycles. The van der Waals surface area contributed by atoms with Gasteiger partial charge in [0.2, 0.25) is 0 Å². The van der Waals surface area contributed by atoms with Gasteiger partial charge in [-0.2, -0.15) is 0 Å². The highest BCUT2D eigenvalue weighted by atomic mass is 35.5. The van der Waals surface area contributed by atoms with Gasteiger partial charge in [-0.25, -0.2) is 0 Å². The Morgan fingerprint density at radius 2 is 1.87 bits per heavy atom. The van der Waals surface area contributed by atoms with Crippen molar-refractivity contribution < 1.29 is 4.79 Å². The van der Waals surface area contributed by atoms with E-state index in [9.17, 15) is 4.79 Å². The average Bonchev–Trinajstić information content (AvgIpc) is 2.94. The van der Waals surface area contributed by atoms with Crippen LogP contribution < -0.4 is 0 Å². The van der Waals surface area contributed by atoms with E-state index in [1.807, 2.05) is 42.5 Å². The van der Waals surface area contributed by atoms with E-state index in [4.69, 9.17) is 11.6 Å². The Morgan fingerprint density at radius 1 is 1.17 bits per heavy atom. The molecule has 2 heterocycles. The van der Waals surface area contributed by atoms with Crippen LogP contribution in [0.25, 0.3) is 5.65 Å². The Bertz CT molecular complexity index is 857. The summed E-state index contributed by atoms with van der Waals surface area (Å²) in [5.74, 6) is 0.700. The molecule has 23 heavy (non-hydrogen) atoms. The zero-order chi connectivity index (χ0) is 16.6. The van der Waals surface area contributed by atoms with Gasteiger partial charge in [0.15, 0.2) is 5.65 Å². The van der Waals surface area contributed by atoms with Crippen molar-refractivity contribution in [2.45, 2.75) is 19.9 Å².